The van der Waals surface area contributed by atoms with Gasteiger partial charge in [0, 0.05) is 30.3 Å². The summed E-state index contributed by atoms with van der Waals surface area (Å²) in [6.45, 7) is 16.0. The molecular formula is C67H106N10O23. The Morgan fingerprint density at radius 3 is 1.35 bits per heavy atom. The quantitative estimate of drug-likeness (QED) is 0.0305. The highest BCUT2D eigenvalue weighted by Crippen LogP contribution is 2.33. The maximum atomic E-state index is 13.9. The van der Waals surface area contributed by atoms with E-state index in [1.54, 1.807) is 27.7 Å². The van der Waals surface area contributed by atoms with Gasteiger partial charge >= 0.3 is 11.9 Å². The highest BCUT2D eigenvalue weighted by Gasteiger charge is 2.34. The van der Waals surface area contributed by atoms with Gasteiger partial charge < -0.3 is 111 Å². The predicted octanol–water partition coefficient (Wildman–Crippen LogP) is -0.880. The van der Waals surface area contributed by atoms with E-state index < -0.39 is 127 Å². The molecule has 0 saturated heterocycles. The summed E-state index contributed by atoms with van der Waals surface area (Å²) in [5.74, 6) is -9.34. The number of benzene rings is 2. The molecule has 3 aromatic rings. The first-order valence-electron chi connectivity index (χ1n) is 33.9. The number of furan rings is 1. The fourth-order valence-electron chi connectivity index (χ4n) is 9.52. The molecule has 33 heteroatoms. The monoisotopic (exact) mass is 1420 g/mol. The largest absolute Gasteiger partial charge is 0.481 e. The molecule has 33 nitrogen and oxygen atoms in total. The van der Waals surface area contributed by atoms with Gasteiger partial charge in [0.1, 0.15) is 41.4 Å². The van der Waals surface area contributed by atoms with Crippen molar-refractivity contribution in [2.75, 3.05) is 138 Å². The van der Waals surface area contributed by atoms with Gasteiger partial charge in [0.05, 0.1) is 144 Å². The average molecular weight is 1420 g/mol. The molecule has 100 heavy (non-hydrogen) atoms. The lowest BCUT2D eigenvalue weighted by molar-refractivity contribution is -0.140. The Balaban J connectivity index is 1.36. The summed E-state index contributed by atoms with van der Waals surface area (Å²) in [6.07, 6.45) is 0.726. The first-order valence-corrected chi connectivity index (χ1v) is 33.9. The molecule has 0 saturated carbocycles. The van der Waals surface area contributed by atoms with Gasteiger partial charge in [-0.25, -0.2) is 0 Å². The van der Waals surface area contributed by atoms with Crippen molar-refractivity contribution >= 4 is 87.0 Å². The smallest absolute Gasteiger partial charge is 0.305 e. The van der Waals surface area contributed by atoms with Crippen molar-refractivity contribution in [2.45, 2.75) is 130 Å². The third-order valence-electron chi connectivity index (χ3n) is 15.7. The van der Waals surface area contributed by atoms with Gasteiger partial charge in [0.15, 0.2) is 0 Å². The van der Waals surface area contributed by atoms with Crippen molar-refractivity contribution in [3.8, 4) is 0 Å². The van der Waals surface area contributed by atoms with Crippen LogP contribution in [-0.2, 0) is 103 Å². The minimum Gasteiger partial charge on any atom is -0.481 e. The van der Waals surface area contributed by atoms with Crippen LogP contribution in [0, 0.1) is 17.8 Å². The van der Waals surface area contributed by atoms with Gasteiger partial charge in [-0.05, 0) is 48.6 Å². The number of hydrogen-bond acceptors (Lipinski definition) is 22. The number of carboxylic acid groups (broad SMARTS) is 2. The van der Waals surface area contributed by atoms with Crippen LogP contribution in [0.3, 0.4) is 0 Å². The highest BCUT2D eigenvalue weighted by atomic mass is 16.6. The normalized spacial score (nSPS) is 13.8. The number of rotatable bonds is 56. The summed E-state index contributed by atoms with van der Waals surface area (Å²) in [4.78, 5) is 140. The molecule has 0 aliphatic carbocycles. The zero-order chi connectivity index (χ0) is 73.8. The molecule has 0 aliphatic heterocycles. The number of nitrogens with two attached hydrogens (primary N) is 1. The van der Waals surface area contributed by atoms with Crippen molar-refractivity contribution in [3.63, 3.8) is 0 Å². The minimum absolute atomic E-state index is 0.0386. The van der Waals surface area contributed by atoms with Crippen molar-refractivity contribution in [1.82, 2.24) is 47.9 Å². The van der Waals surface area contributed by atoms with Gasteiger partial charge in [-0.1, -0.05) is 90.8 Å². The third kappa shape index (κ3) is 33.9. The Morgan fingerprint density at radius 1 is 0.440 bits per heavy atom. The van der Waals surface area contributed by atoms with Crippen molar-refractivity contribution in [2.24, 2.45) is 23.5 Å². The predicted molar refractivity (Wildman–Crippen MR) is 363 cm³/mol. The van der Waals surface area contributed by atoms with E-state index in [1.807, 2.05) is 50.2 Å². The van der Waals surface area contributed by atoms with E-state index in [4.69, 9.17) is 58.3 Å². The number of carboxylic acids is 2. The lowest BCUT2D eigenvalue weighted by Crippen LogP contribution is -2.59. The molecule has 0 aliphatic rings. The van der Waals surface area contributed by atoms with E-state index in [9.17, 15) is 57.8 Å². The van der Waals surface area contributed by atoms with Crippen molar-refractivity contribution < 1.29 is 110 Å². The van der Waals surface area contributed by atoms with E-state index in [1.165, 1.54) is 6.92 Å². The molecule has 8 atom stereocenters. The number of hydrogen-bond donors (Lipinski definition) is 13. The van der Waals surface area contributed by atoms with Crippen molar-refractivity contribution in [3.05, 3.63) is 47.5 Å². The molecule has 3 rings (SSSR count). The molecule has 14 N–H and O–H groups in total. The van der Waals surface area contributed by atoms with Crippen molar-refractivity contribution in [1.29, 1.82) is 0 Å². The molecule has 0 unspecified atom stereocenters. The van der Waals surface area contributed by atoms with Crippen LogP contribution in [0.2, 0.25) is 0 Å². The number of aliphatic hydroxyl groups excluding tert-OH is 1. The van der Waals surface area contributed by atoms with Crippen LogP contribution in [0.1, 0.15) is 91.7 Å². The van der Waals surface area contributed by atoms with E-state index in [0.717, 1.165) is 16.3 Å². The van der Waals surface area contributed by atoms with Gasteiger partial charge in [0.2, 0.25) is 53.2 Å². The first-order chi connectivity index (χ1) is 47.9. The number of nitrogens with one attached hydrogen (secondary N) is 9. The maximum absolute atomic E-state index is 13.9. The van der Waals surface area contributed by atoms with Crippen LogP contribution < -0.4 is 53.6 Å². The van der Waals surface area contributed by atoms with E-state index >= 15 is 0 Å². The number of carbonyl (C=O) groups excluding carboxylic acids is 9. The minimum atomic E-state index is -1.41. The summed E-state index contributed by atoms with van der Waals surface area (Å²) in [7, 11) is 0. The summed E-state index contributed by atoms with van der Waals surface area (Å²) < 4.78 is 49.8. The summed E-state index contributed by atoms with van der Waals surface area (Å²) in [5.41, 5.74) is 8.10. The van der Waals surface area contributed by atoms with Crippen LogP contribution >= 0.6 is 0 Å². The second-order valence-corrected chi connectivity index (χ2v) is 23.8. The second kappa shape index (κ2) is 49.5. The molecule has 0 bridgehead atoms. The lowest BCUT2D eigenvalue weighted by Gasteiger charge is -2.29. The summed E-state index contributed by atoms with van der Waals surface area (Å²) >= 11 is 0. The van der Waals surface area contributed by atoms with Gasteiger partial charge in [-0.3, -0.25) is 52.7 Å². The van der Waals surface area contributed by atoms with Crippen LogP contribution in [0.15, 0.2) is 40.8 Å². The van der Waals surface area contributed by atoms with E-state index in [2.05, 4.69) is 47.9 Å². The number of amides is 9. The number of ether oxygens (including phenoxy) is 8. The Kier molecular flexibility index (Phi) is 42.7. The molecule has 0 radical (unpaired) electrons. The number of aliphatic carboxylic acids is 2. The van der Waals surface area contributed by atoms with E-state index in [0.29, 0.717) is 115 Å². The second-order valence-electron chi connectivity index (χ2n) is 23.8. The van der Waals surface area contributed by atoms with Crippen LogP contribution in [0.4, 0.5) is 0 Å². The van der Waals surface area contributed by atoms with Gasteiger partial charge in [0.25, 0.3) is 0 Å². The average Bonchev–Trinajstić information content (AvgIpc) is 1.62. The van der Waals surface area contributed by atoms with Gasteiger partial charge in [-0.2, -0.15) is 0 Å². The van der Waals surface area contributed by atoms with Crippen LogP contribution in [-0.4, -0.2) is 255 Å². The zero-order valence-electron chi connectivity index (χ0n) is 58.5. The molecular weight excluding hydrogens is 1310 g/mol. The van der Waals surface area contributed by atoms with Gasteiger partial charge in [-0.15, -0.1) is 0 Å². The Hall–Kier alpha value is -7.99. The molecule has 0 spiro atoms. The Morgan fingerprint density at radius 2 is 0.880 bits per heavy atom. The summed E-state index contributed by atoms with van der Waals surface area (Å²) in [6, 6.07) is 3.88. The lowest BCUT2D eigenvalue weighted by atomic mass is 9.94. The molecule has 9 amide bonds. The first kappa shape index (κ1) is 86.2. The zero-order valence-corrected chi connectivity index (χ0v) is 58.5. The third-order valence-corrected chi connectivity index (χ3v) is 15.7. The Bertz CT molecular complexity index is 3020. The number of fused-ring (bicyclic) bond motifs is 3. The molecule has 0 fully saturated rings. The number of carbonyl (C=O) groups is 11. The molecule has 562 valence electrons. The number of para-hydroxylation sites is 2. The van der Waals surface area contributed by atoms with Crippen LogP contribution in [0.5, 0.6) is 0 Å². The van der Waals surface area contributed by atoms with E-state index in [-0.39, 0.29) is 77.0 Å². The SMILES string of the molecule is CC[C@H](C)[C@H](NC(=O)[C@H](C)NC(=O)CCc1cccc2c1oc1c(CCNC(=O)[C@H](CO)NC(=O)CNC(=O)[C@@H](NC(=O)[C@@H](N)CC(=O)O)C(C)C)cccc12)C(=O)N[C@H](C(=O)NCC(=O)NCCOCCOCCOCCOCCOCCOCCOCCOCCC(=O)O)[C@@H](C)CC. The molecule has 1 aromatic heterocycles. The summed E-state index contributed by atoms with van der Waals surface area (Å²) in [5, 5.41) is 52.4. The fourth-order valence-corrected chi connectivity index (χ4v) is 9.52. The fraction of sp³-hybridized carbons (Fsp3) is 0.657. The topological polar surface area (TPSA) is 470 Å². The standard InChI is InChI=1S/C67H106N10O23/c1-8-43(5)58(66(90)71-39-53(80)69-21-23-93-25-27-95-29-31-97-33-35-99-37-36-98-34-32-96-30-28-94-26-24-92-22-19-55(82)83)77-67(91)59(44(6)9-2)76-62(86)45(7)73-52(79)17-16-46-12-10-14-48-49-15-11-13-47(61(49)100-60(46)48)18-20-70-64(88)51(41-78)74-54(81)40-72-65(89)57(42(3)4)75-63(87)50(68)38-56(84)85/h10-15,42-45,50-51,57-59,78H,8-9,16-41,68H2,1-7H3,(H,69,80)(H,70,88)(H,71,90)(H,72,89)(H,73,79)(H,74,81)(H,75,87)(H,76,86)(H,77,91)(H,82,83)(H,84,85)/t43-,44-,45-,50-,51-,57-,58-,59-/m0/s1. The number of aliphatic hydroxyl groups is 1. The molecule has 1 heterocycles. The highest BCUT2D eigenvalue weighted by molar-refractivity contribution is 6.07. The maximum Gasteiger partial charge on any atom is 0.305 e. The molecule has 2 aromatic carbocycles. The Labute approximate surface area is 582 Å². The number of aryl methyl sites for hydroxylation is 1. The van der Waals surface area contributed by atoms with Crippen LogP contribution in [0.25, 0.3) is 21.9 Å².